The van der Waals surface area contributed by atoms with E-state index in [-0.39, 0.29) is 0 Å². The first kappa shape index (κ1) is 13.0. The van der Waals surface area contributed by atoms with Crippen LogP contribution in [0.1, 0.15) is 12.6 Å². The first-order chi connectivity index (χ1) is 8.60. The molecule has 0 spiro atoms. The molecule has 3 nitrogen and oxygen atoms in total. The summed E-state index contributed by atoms with van der Waals surface area (Å²) < 4.78 is 11.2. The van der Waals surface area contributed by atoms with Crippen LogP contribution in [0, 0.1) is 0 Å². The second-order valence-electron chi connectivity index (χ2n) is 4.77. The van der Waals surface area contributed by atoms with Crippen LogP contribution in [-0.4, -0.2) is 20.6 Å². The molecule has 96 valence electrons. The molecule has 1 aromatic heterocycles. The number of hydrogen-bond acceptors (Lipinski definition) is 3. The minimum atomic E-state index is -2.01. The first-order valence-corrected chi connectivity index (χ1v) is 9.10. The molecule has 1 aromatic carbocycles. The third-order valence-electron chi connectivity index (χ3n) is 3.22. The van der Waals surface area contributed by atoms with Gasteiger partial charge in [-0.05, 0) is 25.1 Å². The SMILES string of the molecule is CCc1noc([Si](C)(C)OC)c1-c1ccccc1. The number of nitrogens with zero attached hydrogens (tertiary/aromatic N) is 1. The highest BCUT2D eigenvalue weighted by Crippen LogP contribution is 2.24. The van der Waals surface area contributed by atoms with Gasteiger partial charge in [-0.25, -0.2) is 0 Å². The smallest absolute Gasteiger partial charge is 0.261 e. The van der Waals surface area contributed by atoms with Crippen LogP contribution in [0.3, 0.4) is 0 Å². The van der Waals surface area contributed by atoms with Gasteiger partial charge in [-0.1, -0.05) is 42.4 Å². The van der Waals surface area contributed by atoms with Gasteiger partial charge in [0.05, 0.1) is 5.69 Å². The van der Waals surface area contributed by atoms with Gasteiger partial charge in [0.2, 0.25) is 0 Å². The monoisotopic (exact) mass is 261 g/mol. The van der Waals surface area contributed by atoms with Crippen molar-refractivity contribution in [3.63, 3.8) is 0 Å². The Balaban J connectivity index is 2.61. The highest BCUT2D eigenvalue weighted by molar-refractivity contribution is 6.84. The molecular formula is C14H19NO2Si. The highest BCUT2D eigenvalue weighted by Gasteiger charge is 2.34. The molecule has 0 saturated carbocycles. The molecule has 0 unspecified atom stereocenters. The molecule has 1 heterocycles. The lowest BCUT2D eigenvalue weighted by molar-refractivity contribution is 0.385. The number of hydrogen-bond donors (Lipinski definition) is 0. The average Bonchev–Trinajstić information content (AvgIpc) is 2.84. The van der Waals surface area contributed by atoms with Gasteiger partial charge in [-0.3, -0.25) is 0 Å². The van der Waals surface area contributed by atoms with Crippen LogP contribution in [0.5, 0.6) is 0 Å². The van der Waals surface area contributed by atoms with Crippen molar-refractivity contribution in [3.8, 4) is 11.1 Å². The Labute approximate surface area is 109 Å². The lowest BCUT2D eigenvalue weighted by Gasteiger charge is -2.18. The van der Waals surface area contributed by atoms with Gasteiger partial charge in [-0.2, -0.15) is 0 Å². The van der Waals surface area contributed by atoms with E-state index in [1.165, 1.54) is 0 Å². The van der Waals surface area contributed by atoms with Crippen LogP contribution in [0.15, 0.2) is 34.9 Å². The highest BCUT2D eigenvalue weighted by atomic mass is 28.4. The molecule has 0 amide bonds. The molecule has 0 aliphatic rings. The van der Waals surface area contributed by atoms with Crippen molar-refractivity contribution in [2.24, 2.45) is 0 Å². The summed E-state index contributed by atoms with van der Waals surface area (Å²) in [6.07, 6.45) is 0.863. The summed E-state index contributed by atoms with van der Waals surface area (Å²) in [5.74, 6) is 0. The minimum absolute atomic E-state index is 0.863. The fraction of sp³-hybridized carbons (Fsp3) is 0.357. The largest absolute Gasteiger partial charge is 0.412 e. The molecule has 0 atom stereocenters. The molecule has 2 aromatic rings. The number of rotatable bonds is 4. The van der Waals surface area contributed by atoms with Gasteiger partial charge in [-0.15, -0.1) is 0 Å². The van der Waals surface area contributed by atoms with E-state index in [1.807, 2.05) is 18.2 Å². The van der Waals surface area contributed by atoms with Gasteiger partial charge in [0, 0.05) is 12.7 Å². The van der Waals surface area contributed by atoms with Gasteiger partial charge in [0.15, 0.2) is 5.38 Å². The summed E-state index contributed by atoms with van der Waals surface area (Å²) in [7, 11) is -0.260. The van der Waals surface area contributed by atoms with Gasteiger partial charge < -0.3 is 8.95 Å². The Morgan fingerprint density at radius 1 is 1.22 bits per heavy atom. The summed E-state index contributed by atoms with van der Waals surface area (Å²) in [6, 6.07) is 10.3. The Bertz CT molecular complexity index is 520. The van der Waals surface area contributed by atoms with Crippen molar-refractivity contribution in [1.82, 2.24) is 5.16 Å². The molecule has 0 aliphatic carbocycles. The van der Waals surface area contributed by atoms with Gasteiger partial charge in [0.1, 0.15) is 0 Å². The van der Waals surface area contributed by atoms with Gasteiger partial charge in [0.25, 0.3) is 8.32 Å². The average molecular weight is 261 g/mol. The van der Waals surface area contributed by atoms with Crippen LogP contribution < -0.4 is 5.38 Å². The van der Waals surface area contributed by atoms with E-state index >= 15 is 0 Å². The Morgan fingerprint density at radius 3 is 2.44 bits per heavy atom. The Kier molecular flexibility index (Phi) is 3.68. The molecule has 0 radical (unpaired) electrons. The fourth-order valence-electron chi connectivity index (χ4n) is 1.97. The topological polar surface area (TPSA) is 35.3 Å². The standard InChI is InChI=1S/C14H19NO2Si/c1-5-12-13(11-9-7-6-8-10-11)14(17-15-12)18(3,4)16-2/h6-10H,5H2,1-4H3. The zero-order valence-corrected chi connectivity index (χ0v) is 12.4. The molecular weight excluding hydrogens is 242 g/mol. The Hall–Kier alpha value is -1.39. The van der Waals surface area contributed by atoms with Crippen molar-refractivity contribution in [2.75, 3.05) is 7.11 Å². The van der Waals surface area contributed by atoms with E-state index in [0.717, 1.165) is 28.6 Å². The second-order valence-corrected chi connectivity index (χ2v) is 8.65. The zero-order chi connectivity index (χ0) is 13.2. The molecule has 4 heteroatoms. The summed E-state index contributed by atoms with van der Waals surface area (Å²) in [5, 5.41) is 5.13. The molecule has 0 N–H and O–H groups in total. The molecule has 0 fully saturated rings. The van der Waals surface area contributed by atoms with Crippen LogP contribution >= 0.6 is 0 Å². The van der Waals surface area contributed by atoms with Crippen LogP contribution in [0.4, 0.5) is 0 Å². The van der Waals surface area contributed by atoms with E-state index < -0.39 is 8.32 Å². The molecule has 0 aliphatic heterocycles. The van der Waals surface area contributed by atoms with E-state index in [4.69, 9.17) is 8.95 Å². The van der Waals surface area contributed by atoms with Crippen LogP contribution in [0.2, 0.25) is 13.1 Å². The van der Waals surface area contributed by atoms with Crippen molar-refractivity contribution in [1.29, 1.82) is 0 Å². The summed E-state index contributed by atoms with van der Waals surface area (Å²) >= 11 is 0. The predicted molar refractivity (Wildman–Crippen MR) is 75.4 cm³/mol. The quantitative estimate of drug-likeness (QED) is 0.794. The number of aryl methyl sites for hydroxylation is 1. The number of benzene rings is 1. The van der Waals surface area contributed by atoms with Crippen LogP contribution in [-0.2, 0) is 10.8 Å². The maximum Gasteiger partial charge on any atom is 0.261 e. The summed E-state index contributed by atoms with van der Waals surface area (Å²) in [4.78, 5) is 0. The van der Waals surface area contributed by atoms with E-state index in [0.29, 0.717) is 0 Å². The maximum absolute atomic E-state index is 5.65. The van der Waals surface area contributed by atoms with Crippen LogP contribution in [0.25, 0.3) is 11.1 Å². The van der Waals surface area contributed by atoms with E-state index in [2.05, 4.69) is 37.3 Å². The van der Waals surface area contributed by atoms with Crippen molar-refractivity contribution in [2.45, 2.75) is 26.4 Å². The lowest BCUT2D eigenvalue weighted by Crippen LogP contribution is -2.44. The third-order valence-corrected chi connectivity index (χ3v) is 5.67. The minimum Gasteiger partial charge on any atom is -0.412 e. The lowest BCUT2D eigenvalue weighted by atomic mass is 10.1. The second kappa shape index (κ2) is 5.08. The first-order valence-electron chi connectivity index (χ1n) is 6.19. The molecule has 0 bridgehead atoms. The predicted octanol–water partition coefficient (Wildman–Crippen LogP) is 2.96. The normalized spacial score (nSPS) is 11.8. The fourth-order valence-corrected chi connectivity index (χ4v) is 3.31. The number of aromatic nitrogens is 1. The maximum atomic E-state index is 5.65. The summed E-state index contributed by atoms with van der Waals surface area (Å²) in [6.45, 7) is 6.34. The summed E-state index contributed by atoms with van der Waals surface area (Å²) in [5.41, 5.74) is 3.29. The van der Waals surface area contributed by atoms with Crippen molar-refractivity contribution in [3.05, 3.63) is 36.0 Å². The molecule has 18 heavy (non-hydrogen) atoms. The molecule has 2 rings (SSSR count). The van der Waals surface area contributed by atoms with Crippen molar-refractivity contribution < 1.29 is 8.95 Å². The zero-order valence-electron chi connectivity index (χ0n) is 11.4. The van der Waals surface area contributed by atoms with E-state index in [9.17, 15) is 0 Å². The Morgan fingerprint density at radius 2 is 1.89 bits per heavy atom. The van der Waals surface area contributed by atoms with E-state index in [1.54, 1.807) is 7.11 Å². The van der Waals surface area contributed by atoms with Gasteiger partial charge >= 0.3 is 0 Å². The third kappa shape index (κ3) is 2.26. The molecule has 0 saturated heterocycles. The van der Waals surface area contributed by atoms with Crippen molar-refractivity contribution >= 4 is 13.7 Å².